The number of aromatic nitrogens is 3. The number of halogens is 1. The monoisotopic (exact) mass is 347 g/mol. The zero-order valence-electron chi connectivity index (χ0n) is 13.5. The third-order valence-electron chi connectivity index (χ3n) is 3.73. The molecule has 122 valence electrons. The summed E-state index contributed by atoms with van der Waals surface area (Å²) in [5.41, 5.74) is 4.85. The highest BCUT2D eigenvalue weighted by atomic mass is 35.5. The molecule has 0 amide bonds. The van der Waals surface area contributed by atoms with Crippen molar-refractivity contribution in [3.8, 4) is 11.3 Å². The van der Waals surface area contributed by atoms with E-state index in [4.69, 9.17) is 11.6 Å². The molecule has 4 aromatic rings. The summed E-state index contributed by atoms with van der Waals surface area (Å²) in [5, 5.41) is 13.9. The lowest BCUT2D eigenvalue weighted by Crippen LogP contribution is -1.96. The van der Waals surface area contributed by atoms with E-state index in [9.17, 15) is 0 Å². The van der Waals surface area contributed by atoms with Crippen LogP contribution in [0, 0.1) is 6.92 Å². The highest BCUT2D eigenvalue weighted by Gasteiger charge is 2.13. The molecular formula is C19H14ClN5. The first-order valence-corrected chi connectivity index (χ1v) is 8.16. The first kappa shape index (κ1) is 15.5. The summed E-state index contributed by atoms with van der Waals surface area (Å²) >= 11 is 6.03. The molecule has 0 spiro atoms. The topological polar surface area (TPSA) is 54.9 Å². The summed E-state index contributed by atoms with van der Waals surface area (Å²) < 4.78 is 1.79. The Balaban J connectivity index is 1.90. The molecule has 0 radical (unpaired) electrons. The van der Waals surface area contributed by atoms with Gasteiger partial charge in [0.05, 0.1) is 17.6 Å². The lowest BCUT2D eigenvalue weighted by molar-refractivity contribution is 0.921. The smallest absolute Gasteiger partial charge is 0.156 e. The van der Waals surface area contributed by atoms with Crippen LogP contribution in [0.15, 0.2) is 77.1 Å². The van der Waals surface area contributed by atoms with Crippen LogP contribution in [-0.2, 0) is 0 Å². The molecule has 0 fully saturated rings. The fraction of sp³-hybridized carbons (Fsp3) is 0.0526. The van der Waals surface area contributed by atoms with Crippen molar-refractivity contribution in [3.05, 3.63) is 77.6 Å². The number of benzene rings is 2. The average Bonchev–Trinajstić information content (AvgIpc) is 3.01. The van der Waals surface area contributed by atoms with Crippen LogP contribution in [0.4, 0.5) is 11.4 Å². The van der Waals surface area contributed by atoms with Gasteiger partial charge in [0.2, 0.25) is 0 Å². The number of aryl methyl sites for hydroxylation is 1. The van der Waals surface area contributed by atoms with Crippen molar-refractivity contribution in [2.45, 2.75) is 6.92 Å². The van der Waals surface area contributed by atoms with Crippen LogP contribution in [-0.4, -0.2) is 14.6 Å². The van der Waals surface area contributed by atoms with Gasteiger partial charge in [-0.1, -0.05) is 41.9 Å². The van der Waals surface area contributed by atoms with E-state index < -0.39 is 0 Å². The van der Waals surface area contributed by atoms with Crippen LogP contribution in [0.5, 0.6) is 0 Å². The second-order valence-electron chi connectivity index (χ2n) is 5.59. The van der Waals surface area contributed by atoms with E-state index in [-0.39, 0.29) is 0 Å². The fourth-order valence-corrected chi connectivity index (χ4v) is 2.72. The predicted molar refractivity (Wildman–Crippen MR) is 98.8 cm³/mol. The maximum atomic E-state index is 6.03. The molecule has 0 atom stereocenters. The molecule has 2 aromatic heterocycles. The van der Waals surface area contributed by atoms with Gasteiger partial charge in [0, 0.05) is 16.7 Å². The maximum absolute atomic E-state index is 6.03. The number of nitrogens with zero attached hydrogens (tertiary/aromatic N) is 5. The normalized spacial score (nSPS) is 11.4. The molecule has 0 aliphatic rings. The minimum Gasteiger partial charge on any atom is -0.235 e. The van der Waals surface area contributed by atoms with Gasteiger partial charge in [-0.3, -0.25) is 0 Å². The van der Waals surface area contributed by atoms with E-state index >= 15 is 0 Å². The highest BCUT2D eigenvalue weighted by Crippen LogP contribution is 2.32. The average molecular weight is 348 g/mol. The zero-order valence-corrected chi connectivity index (χ0v) is 14.2. The lowest BCUT2D eigenvalue weighted by atomic mass is 10.1. The van der Waals surface area contributed by atoms with Gasteiger partial charge in [0.1, 0.15) is 11.4 Å². The SMILES string of the molecule is Cc1cc2ncc(N=Nc3ccccc3)c(-c3ccc(Cl)cc3)n2n1. The summed E-state index contributed by atoms with van der Waals surface area (Å²) in [4.78, 5) is 4.44. The number of azo groups is 1. The van der Waals surface area contributed by atoms with Gasteiger partial charge in [-0.2, -0.15) is 10.2 Å². The molecular weight excluding hydrogens is 334 g/mol. The van der Waals surface area contributed by atoms with Crippen LogP contribution in [0.25, 0.3) is 16.9 Å². The van der Waals surface area contributed by atoms with Crippen molar-refractivity contribution >= 4 is 28.6 Å². The van der Waals surface area contributed by atoms with E-state index in [1.165, 1.54) is 0 Å². The van der Waals surface area contributed by atoms with Crippen LogP contribution < -0.4 is 0 Å². The standard InChI is InChI=1S/C19H14ClN5/c1-13-11-18-21-12-17(23-22-16-5-3-2-4-6-16)19(25(18)24-13)14-7-9-15(20)10-8-14/h2-12H,1H3. The Morgan fingerprint density at radius 2 is 1.72 bits per heavy atom. The third kappa shape index (κ3) is 3.14. The number of rotatable bonds is 3. The second-order valence-corrected chi connectivity index (χ2v) is 6.03. The molecule has 0 unspecified atom stereocenters. The molecule has 0 N–H and O–H groups in total. The highest BCUT2D eigenvalue weighted by molar-refractivity contribution is 6.30. The van der Waals surface area contributed by atoms with Crippen molar-refractivity contribution in [2.24, 2.45) is 10.2 Å². The molecule has 25 heavy (non-hydrogen) atoms. The number of hydrogen-bond acceptors (Lipinski definition) is 4. The Kier molecular flexibility index (Phi) is 3.99. The van der Waals surface area contributed by atoms with Crippen molar-refractivity contribution in [3.63, 3.8) is 0 Å². The maximum Gasteiger partial charge on any atom is 0.156 e. The van der Waals surface area contributed by atoms with E-state index in [0.717, 1.165) is 28.3 Å². The van der Waals surface area contributed by atoms with E-state index in [2.05, 4.69) is 20.3 Å². The molecule has 4 rings (SSSR count). The molecule has 0 saturated carbocycles. The van der Waals surface area contributed by atoms with Gasteiger partial charge in [0.25, 0.3) is 0 Å². The Bertz CT molecular complexity index is 1050. The lowest BCUT2D eigenvalue weighted by Gasteiger charge is -2.08. The van der Waals surface area contributed by atoms with Crippen molar-refractivity contribution < 1.29 is 0 Å². The van der Waals surface area contributed by atoms with Gasteiger partial charge < -0.3 is 0 Å². The van der Waals surface area contributed by atoms with Crippen LogP contribution in [0.3, 0.4) is 0 Å². The third-order valence-corrected chi connectivity index (χ3v) is 3.99. The minimum atomic E-state index is 0.641. The number of hydrogen-bond donors (Lipinski definition) is 0. The quantitative estimate of drug-likeness (QED) is 0.441. The van der Waals surface area contributed by atoms with Crippen LogP contribution >= 0.6 is 11.6 Å². The van der Waals surface area contributed by atoms with E-state index in [1.807, 2.05) is 67.6 Å². The summed E-state index contributed by atoms with van der Waals surface area (Å²) in [7, 11) is 0. The predicted octanol–water partition coefficient (Wildman–Crippen LogP) is 5.77. The van der Waals surface area contributed by atoms with Crippen molar-refractivity contribution in [1.29, 1.82) is 0 Å². The molecule has 0 bridgehead atoms. The van der Waals surface area contributed by atoms with Gasteiger partial charge in [-0.25, -0.2) is 9.50 Å². The Morgan fingerprint density at radius 3 is 2.48 bits per heavy atom. The number of fused-ring (bicyclic) bond motifs is 1. The van der Waals surface area contributed by atoms with Gasteiger partial charge in [0.15, 0.2) is 5.65 Å². The molecule has 2 aromatic carbocycles. The Hall–Kier alpha value is -3.05. The van der Waals surface area contributed by atoms with Crippen molar-refractivity contribution in [1.82, 2.24) is 14.6 Å². The van der Waals surface area contributed by atoms with Gasteiger partial charge in [-0.05, 0) is 31.2 Å². The summed E-state index contributed by atoms with van der Waals surface area (Å²) in [6.07, 6.45) is 1.72. The Morgan fingerprint density at radius 1 is 0.960 bits per heavy atom. The summed E-state index contributed by atoms with van der Waals surface area (Å²) in [6, 6.07) is 19.1. The second kappa shape index (κ2) is 6.45. The molecule has 0 aliphatic heterocycles. The fourth-order valence-electron chi connectivity index (χ4n) is 2.60. The van der Waals surface area contributed by atoms with Crippen molar-refractivity contribution in [2.75, 3.05) is 0 Å². The Labute approximate surface area is 149 Å². The van der Waals surface area contributed by atoms with E-state index in [0.29, 0.717) is 10.7 Å². The zero-order chi connectivity index (χ0) is 17.2. The first-order valence-electron chi connectivity index (χ1n) is 7.79. The summed E-state index contributed by atoms with van der Waals surface area (Å²) in [5.74, 6) is 0. The molecule has 0 saturated heterocycles. The molecule has 0 aliphatic carbocycles. The molecule has 2 heterocycles. The largest absolute Gasteiger partial charge is 0.235 e. The molecule has 6 heteroatoms. The minimum absolute atomic E-state index is 0.641. The van der Waals surface area contributed by atoms with E-state index in [1.54, 1.807) is 10.7 Å². The van der Waals surface area contributed by atoms with Gasteiger partial charge in [-0.15, -0.1) is 5.11 Å². The first-order chi connectivity index (χ1) is 12.2. The summed E-state index contributed by atoms with van der Waals surface area (Å²) in [6.45, 7) is 1.94. The molecule has 5 nitrogen and oxygen atoms in total. The van der Waals surface area contributed by atoms with Crippen LogP contribution in [0.1, 0.15) is 5.69 Å². The van der Waals surface area contributed by atoms with Crippen LogP contribution in [0.2, 0.25) is 5.02 Å². The van der Waals surface area contributed by atoms with Gasteiger partial charge >= 0.3 is 0 Å².